The van der Waals surface area contributed by atoms with E-state index in [1.165, 1.54) is 0 Å². The van der Waals surface area contributed by atoms with Crippen molar-refractivity contribution in [3.63, 3.8) is 0 Å². The number of ether oxygens (including phenoxy) is 1. The van der Waals surface area contributed by atoms with E-state index in [0.29, 0.717) is 5.56 Å². The van der Waals surface area contributed by atoms with E-state index in [1.807, 2.05) is 60.7 Å². The zero-order valence-electron chi connectivity index (χ0n) is 15.2. The van der Waals surface area contributed by atoms with Crippen LogP contribution < -0.4 is 5.32 Å². The molecule has 142 valence electrons. The minimum Gasteiger partial charge on any atom is -0.453 e. The molecule has 0 saturated heterocycles. The smallest absolute Gasteiger partial charge is 0.340 e. The van der Waals surface area contributed by atoms with Crippen LogP contribution in [-0.4, -0.2) is 23.6 Å². The zero-order valence-corrected chi connectivity index (χ0v) is 15.2. The van der Waals surface area contributed by atoms with Crippen molar-refractivity contribution < 1.29 is 19.4 Å². The number of benzene rings is 3. The number of nitrogens with one attached hydrogen (secondary N) is 1. The van der Waals surface area contributed by atoms with Crippen LogP contribution in [0.1, 0.15) is 28.8 Å². The van der Waals surface area contributed by atoms with Crippen molar-refractivity contribution in [3.05, 3.63) is 108 Å². The van der Waals surface area contributed by atoms with E-state index < -0.39 is 24.6 Å². The number of rotatable bonds is 7. The highest BCUT2D eigenvalue weighted by Gasteiger charge is 2.21. The van der Waals surface area contributed by atoms with E-state index in [9.17, 15) is 14.7 Å². The lowest BCUT2D eigenvalue weighted by molar-refractivity contribution is -0.157. The Morgan fingerprint density at radius 2 is 1.18 bits per heavy atom. The minimum atomic E-state index is -1.42. The highest BCUT2D eigenvalue weighted by atomic mass is 16.5. The summed E-state index contributed by atoms with van der Waals surface area (Å²) in [6.07, 6.45) is -1.42. The van der Waals surface area contributed by atoms with Crippen LogP contribution in [-0.2, 0) is 14.3 Å². The van der Waals surface area contributed by atoms with Gasteiger partial charge in [0.15, 0.2) is 12.7 Å². The summed E-state index contributed by atoms with van der Waals surface area (Å²) in [6, 6.07) is 27.1. The first-order chi connectivity index (χ1) is 13.6. The molecule has 1 atom stereocenters. The SMILES string of the molecule is O=C(COC(=O)[C@@H](O)c1ccccc1)NC(c1ccccc1)c1ccccc1. The highest BCUT2D eigenvalue weighted by molar-refractivity contribution is 5.83. The van der Waals surface area contributed by atoms with Crippen molar-refractivity contribution in [2.24, 2.45) is 0 Å². The van der Waals surface area contributed by atoms with Gasteiger partial charge >= 0.3 is 5.97 Å². The van der Waals surface area contributed by atoms with Crippen LogP contribution in [0.2, 0.25) is 0 Å². The van der Waals surface area contributed by atoms with E-state index in [1.54, 1.807) is 30.3 Å². The normalized spacial score (nSPS) is 11.6. The van der Waals surface area contributed by atoms with Crippen molar-refractivity contribution in [2.75, 3.05) is 6.61 Å². The van der Waals surface area contributed by atoms with Crippen molar-refractivity contribution in [1.82, 2.24) is 5.32 Å². The average molecular weight is 375 g/mol. The lowest BCUT2D eigenvalue weighted by Gasteiger charge is -2.20. The molecule has 3 rings (SSSR count). The topological polar surface area (TPSA) is 75.6 Å². The van der Waals surface area contributed by atoms with Crippen LogP contribution >= 0.6 is 0 Å². The molecule has 0 aromatic heterocycles. The maximum Gasteiger partial charge on any atom is 0.340 e. The van der Waals surface area contributed by atoms with Crippen molar-refractivity contribution in [1.29, 1.82) is 0 Å². The van der Waals surface area contributed by atoms with Gasteiger partial charge in [-0.2, -0.15) is 0 Å². The fourth-order valence-corrected chi connectivity index (χ4v) is 2.84. The van der Waals surface area contributed by atoms with Gasteiger partial charge in [-0.3, -0.25) is 4.79 Å². The van der Waals surface area contributed by atoms with E-state index in [4.69, 9.17) is 4.74 Å². The Morgan fingerprint density at radius 3 is 1.64 bits per heavy atom. The van der Waals surface area contributed by atoms with Gasteiger partial charge in [0, 0.05) is 0 Å². The van der Waals surface area contributed by atoms with Gasteiger partial charge in [0.1, 0.15) is 0 Å². The Labute approximate surface area is 163 Å². The first kappa shape index (κ1) is 19.3. The fourth-order valence-electron chi connectivity index (χ4n) is 2.84. The number of carbonyl (C=O) groups excluding carboxylic acids is 2. The predicted octanol–water partition coefficient (Wildman–Crippen LogP) is 3.17. The Hall–Kier alpha value is -3.44. The second-order valence-electron chi connectivity index (χ2n) is 6.24. The van der Waals surface area contributed by atoms with E-state index in [2.05, 4.69) is 5.32 Å². The van der Waals surface area contributed by atoms with Crippen molar-refractivity contribution in [3.8, 4) is 0 Å². The minimum absolute atomic E-state index is 0.368. The molecule has 2 N–H and O–H groups in total. The molecule has 5 nitrogen and oxygen atoms in total. The monoisotopic (exact) mass is 375 g/mol. The molecule has 0 aliphatic rings. The predicted molar refractivity (Wildman–Crippen MR) is 105 cm³/mol. The molecule has 3 aromatic carbocycles. The third kappa shape index (κ3) is 5.05. The molecule has 0 heterocycles. The molecule has 28 heavy (non-hydrogen) atoms. The van der Waals surface area contributed by atoms with Crippen LogP contribution in [0.3, 0.4) is 0 Å². The van der Waals surface area contributed by atoms with Gasteiger partial charge in [-0.1, -0.05) is 91.0 Å². The summed E-state index contributed by atoms with van der Waals surface area (Å²) < 4.78 is 4.99. The molecular weight excluding hydrogens is 354 g/mol. The van der Waals surface area contributed by atoms with Crippen LogP contribution in [0.5, 0.6) is 0 Å². The van der Waals surface area contributed by atoms with Crippen LogP contribution in [0.25, 0.3) is 0 Å². The van der Waals surface area contributed by atoms with Gasteiger partial charge in [0.2, 0.25) is 0 Å². The maximum atomic E-state index is 12.4. The molecule has 0 aliphatic carbocycles. The molecule has 5 heteroatoms. The number of hydrogen-bond donors (Lipinski definition) is 2. The standard InChI is InChI=1S/C23H21NO4/c25-20(16-28-23(27)22(26)19-14-8-3-9-15-19)24-21(17-10-4-1-5-11-17)18-12-6-2-7-13-18/h1-15,21-22,26H,16H2,(H,24,25)/t22-/m0/s1. The third-order valence-electron chi connectivity index (χ3n) is 4.26. The lowest BCUT2D eigenvalue weighted by Crippen LogP contribution is -2.33. The number of aliphatic hydroxyl groups is 1. The third-order valence-corrected chi connectivity index (χ3v) is 4.26. The molecule has 1 amide bonds. The van der Waals surface area contributed by atoms with Crippen LogP contribution in [0.15, 0.2) is 91.0 Å². The van der Waals surface area contributed by atoms with E-state index >= 15 is 0 Å². The van der Waals surface area contributed by atoms with Gasteiger partial charge < -0.3 is 15.2 Å². The molecule has 0 radical (unpaired) electrons. The molecule has 0 bridgehead atoms. The summed E-state index contributed by atoms with van der Waals surface area (Å²) in [6.45, 7) is -0.473. The largest absolute Gasteiger partial charge is 0.453 e. The molecule has 3 aromatic rings. The van der Waals surface area contributed by atoms with Gasteiger partial charge in [0.25, 0.3) is 5.91 Å². The summed E-state index contributed by atoms with van der Waals surface area (Å²) in [5.41, 5.74) is 2.25. The summed E-state index contributed by atoms with van der Waals surface area (Å²) in [5, 5.41) is 12.9. The summed E-state index contributed by atoms with van der Waals surface area (Å²) >= 11 is 0. The highest BCUT2D eigenvalue weighted by Crippen LogP contribution is 2.21. The van der Waals surface area contributed by atoms with Crippen LogP contribution in [0, 0.1) is 0 Å². The zero-order chi connectivity index (χ0) is 19.8. The number of amides is 1. The molecule has 0 unspecified atom stereocenters. The second-order valence-corrected chi connectivity index (χ2v) is 6.24. The lowest BCUT2D eigenvalue weighted by atomic mass is 9.99. The van der Waals surface area contributed by atoms with Gasteiger partial charge in [0.05, 0.1) is 6.04 Å². The summed E-state index contributed by atoms with van der Waals surface area (Å²) in [4.78, 5) is 24.4. The molecule has 0 fully saturated rings. The maximum absolute atomic E-state index is 12.4. The molecule has 0 spiro atoms. The fraction of sp³-hybridized carbons (Fsp3) is 0.130. The molecule has 0 saturated carbocycles. The number of aliphatic hydroxyl groups excluding tert-OH is 1. The average Bonchev–Trinajstić information content (AvgIpc) is 2.77. The Morgan fingerprint density at radius 1 is 0.750 bits per heavy atom. The quantitative estimate of drug-likeness (QED) is 0.622. The Bertz CT molecular complexity index is 858. The summed E-state index contributed by atoms with van der Waals surface area (Å²) in [5.74, 6) is -1.32. The van der Waals surface area contributed by atoms with Gasteiger partial charge in [-0.05, 0) is 16.7 Å². The summed E-state index contributed by atoms with van der Waals surface area (Å²) in [7, 11) is 0. The molecule has 0 aliphatic heterocycles. The van der Waals surface area contributed by atoms with Gasteiger partial charge in [-0.25, -0.2) is 4.79 Å². The van der Waals surface area contributed by atoms with Crippen molar-refractivity contribution in [2.45, 2.75) is 12.1 Å². The number of hydrogen-bond acceptors (Lipinski definition) is 4. The second kappa shape index (κ2) is 9.48. The van der Waals surface area contributed by atoms with Crippen LogP contribution in [0.4, 0.5) is 0 Å². The number of esters is 1. The van der Waals surface area contributed by atoms with E-state index in [-0.39, 0.29) is 6.04 Å². The Kier molecular flexibility index (Phi) is 6.54. The van der Waals surface area contributed by atoms with E-state index in [0.717, 1.165) is 11.1 Å². The number of carbonyl (C=O) groups is 2. The van der Waals surface area contributed by atoms with Gasteiger partial charge in [-0.15, -0.1) is 0 Å². The Balaban J connectivity index is 1.64. The first-order valence-corrected chi connectivity index (χ1v) is 8.94. The first-order valence-electron chi connectivity index (χ1n) is 8.94. The van der Waals surface area contributed by atoms with Crippen molar-refractivity contribution >= 4 is 11.9 Å². The molecular formula is C23H21NO4.